The molecule has 0 bridgehead atoms. The predicted octanol–water partition coefficient (Wildman–Crippen LogP) is -0.149. The minimum Gasteiger partial charge on any atom is -0.351 e. The summed E-state index contributed by atoms with van der Waals surface area (Å²) in [4.78, 5) is 17.5. The lowest BCUT2D eigenvalue weighted by Crippen LogP contribution is -2.47. The van der Waals surface area contributed by atoms with Crippen LogP contribution in [0.5, 0.6) is 0 Å². The van der Waals surface area contributed by atoms with Crippen molar-refractivity contribution in [1.29, 1.82) is 0 Å². The van der Waals surface area contributed by atoms with E-state index in [9.17, 15) is 13.2 Å². The Morgan fingerprint density at radius 2 is 2.08 bits per heavy atom. The van der Waals surface area contributed by atoms with Gasteiger partial charge in [0.05, 0.1) is 6.33 Å². The van der Waals surface area contributed by atoms with Crippen molar-refractivity contribution >= 4 is 15.8 Å². The molecule has 2 aromatic heterocycles. The van der Waals surface area contributed by atoms with Gasteiger partial charge in [0.2, 0.25) is 0 Å². The Morgan fingerprint density at radius 1 is 1.28 bits per heavy atom. The van der Waals surface area contributed by atoms with E-state index in [2.05, 4.69) is 19.7 Å². The Kier molecular flexibility index (Phi) is 4.91. The number of anilines is 1. The van der Waals surface area contributed by atoms with Crippen molar-refractivity contribution in [2.45, 2.75) is 30.3 Å². The molecule has 1 unspecified atom stereocenters. The van der Waals surface area contributed by atoms with Crippen molar-refractivity contribution in [3.05, 3.63) is 35.0 Å². The Bertz CT molecular complexity index is 904. The zero-order valence-electron chi connectivity index (χ0n) is 14.3. The molecule has 1 saturated heterocycles. The number of aryl methyl sites for hydroxylation is 2. The summed E-state index contributed by atoms with van der Waals surface area (Å²) in [5.41, 5.74) is -0.173. The van der Waals surface area contributed by atoms with Crippen LogP contribution in [0.4, 0.5) is 5.82 Å². The number of imidazole rings is 1. The van der Waals surface area contributed by atoms with Gasteiger partial charge in [-0.3, -0.25) is 4.79 Å². The van der Waals surface area contributed by atoms with Crippen LogP contribution >= 0.6 is 0 Å². The van der Waals surface area contributed by atoms with E-state index < -0.39 is 10.0 Å². The lowest BCUT2D eigenvalue weighted by molar-refractivity contribution is 0.446. The lowest BCUT2D eigenvalue weighted by Gasteiger charge is -2.36. The third-order valence-electron chi connectivity index (χ3n) is 4.33. The monoisotopic (exact) mass is 366 g/mol. The van der Waals surface area contributed by atoms with Gasteiger partial charge in [-0.2, -0.15) is 5.10 Å². The van der Waals surface area contributed by atoms with Gasteiger partial charge in [0.25, 0.3) is 15.6 Å². The Hall–Kier alpha value is -2.20. The molecule has 1 aliphatic rings. The van der Waals surface area contributed by atoms with Crippen LogP contribution in [0.25, 0.3) is 0 Å². The van der Waals surface area contributed by atoms with E-state index in [1.54, 1.807) is 24.7 Å². The first-order valence-corrected chi connectivity index (χ1v) is 9.64. The van der Waals surface area contributed by atoms with Gasteiger partial charge in [-0.05, 0) is 25.3 Å². The van der Waals surface area contributed by atoms with E-state index in [1.165, 1.54) is 23.3 Å². The minimum absolute atomic E-state index is 0.0117. The molecule has 0 radical (unpaired) electrons. The van der Waals surface area contributed by atoms with Gasteiger partial charge in [-0.1, -0.05) is 0 Å². The second-order valence-electron chi connectivity index (χ2n) is 6.23. The molecule has 3 rings (SSSR count). The number of hydrogen-bond acceptors (Lipinski definition) is 6. The number of aromatic nitrogens is 4. The number of sulfonamides is 1. The normalized spacial score (nSPS) is 18.5. The lowest BCUT2D eigenvalue weighted by atomic mass is 10.0. The number of rotatable bonds is 5. The first-order chi connectivity index (χ1) is 11.9. The van der Waals surface area contributed by atoms with E-state index in [1.807, 2.05) is 0 Å². The molecule has 1 fully saturated rings. The zero-order chi connectivity index (χ0) is 18.0. The van der Waals surface area contributed by atoms with Crippen molar-refractivity contribution in [2.24, 2.45) is 14.1 Å². The van der Waals surface area contributed by atoms with Crippen molar-refractivity contribution < 1.29 is 8.42 Å². The molecular weight excluding hydrogens is 344 g/mol. The maximum absolute atomic E-state index is 12.4. The molecular formula is C15H22N6O3S. The molecule has 0 aromatic carbocycles. The molecule has 136 valence electrons. The Balaban J connectivity index is 1.75. The van der Waals surface area contributed by atoms with E-state index >= 15 is 0 Å². The summed E-state index contributed by atoms with van der Waals surface area (Å²) >= 11 is 0. The van der Waals surface area contributed by atoms with Crippen LogP contribution in [0.3, 0.4) is 0 Å². The highest BCUT2D eigenvalue weighted by Gasteiger charge is 2.26. The van der Waals surface area contributed by atoms with Crippen LogP contribution in [0.15, 0.2) is 34.5 Å². The van der Waals surface area contributed by atoms with Crippen LogP contribution < -0.4 is 15.2 Å². The number of nitrogens with one attached hydrogen (secondary N) is 1. The van der Waals surface area contributed by atoms with Gasteiger partial charge in [0.1, 0.15) is 5.82 Å². The van der Waals surface area contributed by atoms with E-state index in [0.29, 0.717) is 5.82 Å². The van der Waals surface area contributed by atoms with Gasteiger partial charge in [0.15, 0.2) is 5.03 Å². The van der Waals surface area contributed by atoms with Crippen LogP contribution in [0, 0.1) is 0 Å². The third kappa shape index (κ3) is 3.90. The summed E-state index contributed by atoms with van der Waals surface area (Å²) in [6, 6.07) is 3.15. The molecule has 25 heavy (non-hydrogen) atoms. The molecule has 0 amide bonds. The van der Waals surface area contributed by atoms with Crippen molar-refractivity contribution in [3.63, 3.8) is 0 Å². The minimum atomic E-state index is -3.64. The summed E-state index contributed by atoms with van der Waals surface area (Å²) in [5.74, 6) is 0.684. The molecule has 9 nitrogen and oxygen atoms in total. The molecule has 0 aliphatic carbocycles. The zero-order valence-corrected chi connectivity index (χ0v) is 15.1. The third-order valence-corrected chi connectivity index (χ3v) is 5.64. The summed E-state index contributed by atoms with van der Waals surface area (Å²) in [5, 5.41) is 4.30. The average Bonchev–Trinajstić information content (AvgIpc) is 3.03. The molecule has 1 atom stereocenters. The van der Waals surface area contributed by atoms with Gasteiger partial charge in [-0.25, -0.2) is 22.8 Å². The quantitative estimate of drug-likeness (QED) is 0.790. The molecule has 0 saturated carbocycles. The molecule has 3 heterocycles. The maximum Gasteiger partial charge on any atom is 0.266 e. The average molecular weight is 366 g/mol. The predicted molar refractivity (Wildman–Crippen MR) is 92.9 cm³/mol. The topological polar surface area (TPSA) is 102 Å². The van der Waals surface area contributed by atoms with Crippen molar-refractivity contribution in [2.75, 3.05) is 18.0 Å². The van der Waals surface area contributed by atoms with Crippen molar-refractivity contribution in [1.82, 2.24) is 24.1 Å². The largest absolute Gasteiger partial charge is 0.351 e. The number of hydrogen-bond donors (Lipinski definition) is 1. The second-order valence-corrected chi connectivity index (χ2v) is 7.94. The highest BCUT2D eigenvalue weighted by molar-refractivity contribution is 7.89. The van der Waals surface area contributed by atoms with Crippen LogP contribution in [-0.2, 0) is 24.1 Å². The number of nitrogens with zero attached hydrogens (tertiary/aromatic N) is 5. The van der Waals surface area contributed by atoms with Gasteiger partial charge in [0, 0.05) is 45.5 Å². The summed E-state index contributed by atoms with van der Waals surface area (Å²) in [6.07, 6.45) is 5.81. The smallest absolute Gasteiger partial charge is 0.266 e. The Labute approximate surface area is 146 Å². The van der Waals surface area contributed by atoms with Gasteiger partial charge >= 0.3 is 0 Å². The first kappa shape index (κ1) is 17.6. The van der Waals surface area contributed by atoms with Crippen LogP contribution in [0.1, 0.15) is 19.3 Å². The standard InChI is InChI=1S/C15H22N6O3S/c1-19-10-14(16-11-19)25(23,24)17-9-12-5-3-4-8-21(12)13-6-7-15(22)20(2)18-13/h6-7,10-12,17H,3-5,8-9H2,1-2H3. The highest BCUT2D eigenvalue weighted by Crippen LogP contribution is 2.22. The van der Waals surface area contributed by atoms with Gasteiger partial charge in [-0.15, -0.1) is 0 Å². The fourth-order valence-corrected chi connectivity index (χ4v) is 4.02. The van der Waals surface area contributed by atoms with Crippen LogP contribution in [0.2, 0.25) is 0 Å². The fourth-order valence-electron chi connectivity index (χ4n) is 2.97. The molecule has 1 N–H and O–H groups in total. The highest BCUT2D eigenvalue weighted by atomic mass is 32.2. The maximum atomic E-state index is 12.4. The van der Waals surface area contributed by atoms with Gasteiger partial charge < -0.3 is 9.47 Å². The second kappa shape index (κ2) is 6.96. The fraction of sp³-hybridized carbons (Fsp3) is 0.533. The summed E-state index contributed by atoms with van der Waals surface area (Å²) < 4.78 is 30.3. The van der Waals surface area contributed by atoms with E-state index in [4.69, 9.17) is 0 Å². The van der Waals surface area contributed by atoms with E-state index in [-0.39, 0.29) is 23.2 Å². The SMILES string of the molecule is Cn1cnc(S(=O)(=O)NCC2CCCCN2c2ccc(=O)n(C)n2)c1. The van der Waals surface area contributed by atoms with Crippen molar-refractivity contribution in [3.8, 4) is 0 Å². The van der Waals surface area contributed by atoms with Crippen LogP contribution in [-0.4, -0.2) is 46.9 Å². The molecule has 0 spiro atoms. The van der Waals surface area contributed by atoms with E-state index in [0.717, 1.165) is 25.8 Å². The number of piperidine rings is 1. The summed E-state index contributed by atoms with van der Waals surface area (Å²) in [6.45, 7) is 1.05. The molecule has 1 aliphatic heterocycles. The Morgan fingerprint density at radius 3 is 2.76 bits per heavy atom. The molecule has 2 aromatic rings. The molecule has 10 heteroatoms. The first-order valence-electron chi connectivity index (χ1n) is 8.15. The summed E-state index contributed by atoms with van der Waals surface area (Å²) in [7, 11) is -0.315.